The SMILES string of the molecule is CCOC(OCC)C(O)c1ccc(OC)c(F)c1. The van der Waals surface area contributed by atoms with Crippen LogP contribution in [0.1, 0.15) is 25.5 Å². The van der Waals surface area contributed by atoms with Crippen molar-refractivity contribution in [3.63, 3.8) is 0 Å². The molecule has 0 bridgehead atoms. The maximum absolute atomic E-state index is 13.5. The maximum Gasteiger partial charge on any atom is 0.187 e. The van der Waals surface area contributed by atoms with Gasteiger partial charge < -0.3 is 19.3 Å². The van der Waals surface area contributed by atoms with Crippen LogP contribution >= 0.6 is 0 Å². The quantitative estimate of drug-likeness (QED) is 0.762. The first-order chi connectivity index (χ1) is 8.63. The van der Waals surface area contributed by atoms with Crippen LogP contribution < -0.4 is 4.74 Å². The maximum atomic E-state index is 13.5. The molecule has 0 aliphatic rings. The fourth-order valence-electron chi connectivity index (χ4n) is 1.58. The molecule has 0 spiro atoms. The molecule has 4 nitrogen and oxygen atoms in total. The van der Waals surface area contributed by atoms with Crippen LogP contribution in [0.25, 0.3) is 0 Å². The van der Waals surface area contributed by atoms with Crippen molar-refractivity contribution in [3.05, 3.63) is 29.6 Å². The van der Waals surface area contributed by atoms with Crippen molar-refractivity contribution in [2.75, 3.05) is 20.3 Å². The van der Waals surface area contributed by atoms with E-state index in [4.69, 9.17) is 14.2 Å². The largest absolute Gasteiger partial charge is 0.494 e. The van der Waals surface area contributed by atoms with E-state index >= 15 is 0 Å². The number of halogens is 1. The molecule has 0 amide bonds. The molecule has 1 rings (SSSR count). The number of aliphatic hydroxyl groups is 1. The van der Waals surface area contributed by atoms with Gasteiger partial charge in [0.2, 0.25) is 0 Å². The summed E-state index contributed by atoms with van der Waals surface area (Å²) in [6, 6.07) is 4.26. The van der Waals surface area contributed by atoms with Crippen LogP contribution in [0.5, 0.6) is 5.75 Å². The molecule has 0 radical (unpaired) electrons. The summed E-state index contributed by atoms with van der Waals surface area (Å²) in [5, 5.41) is 10.1. The van der Waals surface area contributed by atoms with E-state index < -0.39 is 18.2 Å². The van der Waals surface area contributed by atoms with E-state index in [1.807, 2.05) is 0 Å². The normalized spacial score (nSPS) is 12.8. The lowest BCUT2D eigenvalue weighted by Gasteiger charge is -2.23. The molecular formula is C13H19FO4. The smallest absolute Gasteiger partial charge is 0.187 e. The minimum absolute atomic E-state index is 0.135. The van der Waals surface area contributed by atoms with E-state index in [0.29, 0.717) is 18.8 Å². The number of hydrogen-bond donors (Lipinski definition) is 1. The van der Waals surface area contributed by atoms with Gasteiger partial charge >= 0.3 is 0 Å². The van der Waals surface area contributed by atoms with Gasteiger partial charge in [-0.3, -0.25) is 0 Å². The molecule has 0 saturated carbocycles. The molecule has 1 unspecified atom stereocenters. The van der Waals surface area contributed by atoms with Gasteiger partial charge in [-0.15, -0.1) is 0 Å². The Morgan fingerprint density at radius 3 is 2.28 bits per heavy atom. The Morgan fingerprint density at radius 2 is 1.83 bits per heavy atom. The molecule has 0 heterocycles. The van der Waals surface area contributed by atoms with E-state index in [1.54, 1.807) is 19.9 Å². The average Bonchev–Trinajstić information content (AvgIpc) is 2.37. The fourth-order valence-corrected chi connectivity index (χ4v) is 1.58. The van der Waals surface area contributed by atoms with Crippen LogP contribution in [0.15, 0.2) is 18.2 Å². The standard InChI is InChI=1S/C13H19FO4/c1-4-17-13(18-5-2)12(15)9-6-7-11(16-3)10(14)8-9/h6-8,12-13,15H,4-5H2,1-3H3. The Labute approximate surface area is 106 Å². The third kappa shape index (κ3) is 3.66. The molecular weight excluding hydrogens is 239 g/mol. The van der Waals surface area contributed by atoms with Crippen LogP contribution in [0.4, 0.5) is 4.39 Å². The topological polar surface area (TPSA) is 47.9 Å². The van der Waals surface area contributed by atoms with Crippen molar-refractivity contribution in [2.24, 2.45) is 0 Å². The number of aliphatic hydroxyl groups excluding tert-OH is 1. The summed E-state index contributed by atoms with van der Waals surface area (Å²) in [6.07, 6.45) is -1.84. The third-order valence-electron chi connectivity index (χ3n) is 2.44. The van der Waals surface area contributed by atoms with Gasteiger partial charge in [0.15, 0.2) is 17.9 Å². The minimum Gasteiger partial charge on any atom is -0.494 e. The molecule has 0 aliphatic carbocycles. The number of benzene rings is 1. The van der Waals surface area contributed by atoms with Crippen molar-refractivity contribution in [1.82, 2.24) is 0 Å². The summed E-state index contributed by atoms with van der Waals surface area (Å²) in [6.45, 7) is 4.40. The van der Waals surface area contributed by atoms with Crippen molar-refractivity contribution in [2.45, 2.75) is 26.2 Å². The molecule has 0 saturated heterocycles. The molecule has 1 aromatic rings. The second-order valence-corrected chi connectivity index (χ2v) is 3.62. The number of ether oxygens (including phenoxy) is 3. The Balaban J connectivity index is 2.86. The van der Waals surface area contributed by atoms with Crippen LogP contribution in [-0.2, 0) is 9.47 Å². The highest BCUT2D eigenvalue weighted by Crippen LogP contribution is 2.25. The second kappa shape index (κ2) is 7.31. The van der Waals surface area contributed by atoms with E-state index in [1.165, 1.54) is 19.2 Å². The summed E-state index contributed by atoms with van der Waals surface area (Å²) >= 11 is 0. The number of hydrogen-bond acceptors (Lipinski definition) is 4. The van der Waals surface area contributed by atoms with Gasteiger partial charge in [-0.25, -0.2) is 4.39 Å². The van der Waals surface area contributed by atoms with Gasteiger partial charge in [0.25, 0.3) is 0 Å². The monoisotopic (exact) mass is 258 g/mol. The molecule has 1 N–H and O–H groups in total. The van der Waals surface area contributed by atoms with Crippen LogP contribution in [-0.4, -0.2) is 31.7 Å². The van der Waals surface area contributed by atoms with Gasteiger partial charge in [-0.2, -0.15) is 0 Å². The van der Waals surface area contributed by atoms with Crippen molar-refractivity contribution >= 4 is 0 Å². The van der Waals surface area contributed by atoms with Crippen LogP contribution in [0.2, 0.25) is 0 Å². The number of methoxy groups -OCH3 is 1. The Kier molecular flexibility index (Phi) is 6.04. The van der Waals surface area contributed by atoms with Crippen molar-refractivity contribution < 1.29 is 23.7 Å². The molecule has 5 heteroatoms. The molecule has 0 aliphatic heterocycles. The highest BCUT2D eigenvalue weighted by atomic mass is 19.1. The van der Waals surface area contributed by atoms with Gasteiger partial charge in [0.05, 0.1) is 7.11 Å². The molecule has 0 fully saturated rings. The molecule has 1 aromatic carbocycles. The van der Waals surface area contributed by atoms with Crippen LogP contribution in [0.3, 0.4) is 0 Å². The summed E-state index contributed by atoms with van der Waals surface area (Å²) in [5.74, 6) is -0.392. The zero-order valence-electron chi connectivity index (χ0n) is 10.9. The summed E-state index contributed by atoms with van der Waals surface area (Å²) in [4.78, 5) is 0. The number of rotatable bonds is 7. The molecule has 0 aromatic heterocycles. The molecule has 18 heavy (non-hydrogen) atoms. The van der Waals surface area contributed by atoms with E-state index in [0.717, 1.165) is 0 Å². The van der Waals surface area contributed by atoms with Gasteiger partial charge in [-0.1, -0.05) is 6.07 Å². The highest BCUT2D eigenvalue weighted by Gasteiger charge is 2.22. The zero-order chi connectivity index (χ0) is 13.5. The first-order valence-electron chi connectivity index (χ1n) is 5.88. The predicted octanol–water partition coefficient (Wildman–Crippen LogP) is 2.27. The van der Waals surface area contributed by atoms with Crippen LogP contribution in [0, 0.1) is 5.82 Å². The first kappa shape index (κ1) is 14.9. The summed E-state index contributed by atoms with van der Waals surface area (Å²) in [5.41, 5.74) is 0.389. The molecule has 1 atom stereocenters. The van der Waals surface area contributed by atoms with Gasteiger partial charge in [0.1, 0.15) is 6.10 Å². The predicted molar refractivity (Wildman–Crippen MR) is 65.0 cm³/mol. The minimum atomic E-state index is -1.04. The van der Waals surface area contributed by atoms with E-state index in [9.17, 15) is 9.50 Å². The van der Waals surface area contributed by atoms with E-state index in [-0.39, 0.29) is 5.75 Å². The van der Waals surface area contributed by atoms with Crippen molar-refractivity contribution in [1.29, 1.82) is 0 Å². The summed E-state index contributed by atoms with van der Waals surface area (Å²) < 4.78 is 28.9. The second-order valence-electron chi connectivity index (χ2n) is 3.62. The van der Waals surface area contributed by atoms with Gasteiger partial charge in [0, 0.05) is 13.2 Å². The van der Waals surface area contributed by atoms with E-state index in [2.05, 4.69) is 0 Å². The van der Waals surface area contributed by atoms with Crippen molar-refractivity contribution in [3.8, 4) is 5.75 Å². The highest BCUT2D eigenvalue weighted by molar-refractivity contribution is 5.30. The Hall–Kier alpha value is -1.17. The zero-order valence-corrected chi connectivity index (χ0v) is 10.9. The Morgan fingerprint density at radius 1 is 1.22 bits per heavy atom. The molecule has 102 valence electrons. The average molecular weight is 258 g/mol. The lowest BCUT2D eigenvalue weighted by Crippen LogP contribution is -2.25. The third-order valence-corrected chi connectivity index (χ3v) is 2.44. The first-order valence-corrected chi connectivity index (χ1v) is 5.88. The summed E-state index contributed by atoms with van der Waals surface area (Å²) in [7, 11) is 1.39. The lowest BCUT2D eigenvalue weighted by molar-refractivity contribution is -0.191. The van der Waals surface area contributed by atoms with Gasteiger partial charge in [-0.05, 0) is 31.5 Å². The fraction of sp³-hybridized carbons (Fsp3) is 0.538. The Bertz CT molecular complexity index is 364. The lowest BCUT2D eigenvalue weighted by atomic mass is 10.1.